The number of benzene rings is 1. The molecule has 1 atom stereocenters. The molecular weight excluding hydrogens is 285 g/mol. The van der Waals surface area contributed by atoms with E-state index < -0.39 is 5.82 Å². The van der Waals surface area contributed by atoms with Crippen LogP contribution in [-0.2, 0) is 0 Å². The van der Waals surface area contributed by atoms with Crippen molar-refractivity contribution in [3.8, 4) is 11.8 Å². The van der Waals surface area contributed by atoms with E-state index in [1.54, 1.807) is 12.1 Å². The van der Waals surface area contributed by atoms with Gasteiger partial charge in [0.2, 0.25) is 0 Å². The first-order valence-electron chi connectivity index (χ1n) is 5.59. The lowest BCUT2D eigenvalue weighted by molar-refractivity contribution is 0.254. The van der Waals surface area contributed by atoms with Crippen LogP contribution in [-0.4, -0.2) is 11.9 Å². The lowest BCUT2D eigenvalue weighted by Crippen LogP contribution is -2.13. The summed E-state index contributed by atoms with van der Waals surface area (Å²) in [5, 5.41) is 9.47. The van der Waals surface area contributed by atoms with Gasteiger partial charge < -0.3 is 4.74 Å². The third-order valence-electron chi connectivity index (χ3n) is 2.46. The first kappa shape index (κ1) is 14.0. The molecule has 4 heteroatoms. The molecule has 1 rings (SSSR count). The molecule has 0 spiro atoms. The molecule has 0 bridgehead atoms. The SMILES string of the molecule is CCCC(CBr)COc1ccc(C#N)c(F)c1. The maximum absolute atomic E-state index is 13.3. The van der Waals surface area contributed by atoms with Crippen molar-refractivity contribution in [2.24, 2.45) is 5.92 Å². The summed E-state index contributed by atoms with van der Waals surface area (Å²) in [6.45, 7) is 2.68. The Kier molecular flexibility index (Phi) is 5.99. The molecule has 0 aliphatic heterocycles. The number of ether oxygens (including phenoxy) is 1. The van der Waals surface area contributed by atoms with Crippen LogP contribution in [0.25, 0.3) is 0 Å². The Labute approximate surface area is 110 Å². The molecule has 0 aliphatic carbocycles. The van der Waals surface area contributed by atoms with Crippen LogP contribution in [0.1, 0.15) is 25.3 Å². The highest BCUT2D eigenvalue weighted by Gasteiger charge is 2.08. The van der Waals surface area contributed by atoms with Gasteiger partial charge in [0.15, 0.2) is 0 Å². The second kappa shape index (κ2) is 7.29. The van der Waals surface area contributed by atoms with Crippen LogP contribution in [0.3, 0.4) is 0 Å². The van der Waals surface area contributed by atoms with E-state index in [4.69, 9.17) is 10.00 Å². The summed E-state index contributed by atoms with van der Waals surface area (Å²) in [4.78, 5) is 0. The minimum atomic E-state index is -0.532. The average Bonchev–Trinajstić information content (AvgIpc) is 2.34. The number of halogens is 2. The van der Waals surface area contributed by atoms with Gasteiger partial charge in [-0.25, -0.2) is 4.39 Å². The number of nitrogens with zero attached hydrogens (tertiary/aromatic N) is 1. The third kappa shape index (κ3) is 4.35. The fraction of sp³-hybridized carbons (Fsp3) is 0.462. The first-order chi connectivity index (χ1) is 8.21. The van der Waals surface area contributed by atoms with Crippen LogP contribution in [0.5, 0.6) is 5.75 Å². The maximum Gasteiger partial charge on any atom is 0.144 e. The number of nitriles is 1. The van der Waals surface area contributed by atoms with Crippen molar-refractivity contribution in [1.29, 1.82) is 5.26 Å². The molecular formula is C13H15BrFNO. The van der Waals surface area contributed by atoms with E-state index in [9.17, 15) is 4.39 Å². The highest BCUT2D eigenvalue weighted by molar-refractivity contribution is 9.09. The zero-order valence-corrected chi connectivity index (χ0v) is 11.3. The van der Waals surface area contributed by atoms with Gasteiger partial charge in [-0.3, -0.25) is 0 Å². The van der Waals surface area contributed by atoms with Crippen molar-refractivity contribution in [3.63, 3.8) is 0 Å². The Morgan fingerprint density at radius 2 is 2.29 bits per heavy atom. The Hall–Kier alpha value is -1.08. The molecule has 0 saturated heterocycles. The van der Waals surface area contributed by atoms with Crippen LogP contribution < -0.4 is 4.74 Å². The number of hydrogen-bond acceptors (Lipinski definition) is 2. The summed E-state index contributed by atoms with van der Waals surface area (Å²) in [5.41, 5.74) is 0.0444. The molecule has 2 nitrogen and oxygen atoms in total. The highest BCUT2D eigenvalue weighted by atomic mass is 79.9. The van der Waals surface area contributed by atoms with Crippen molar-refractivity contribution >= 4 is 15.9 Å². The van der Waals surface area contributed by atoms with Crippen LogP contribution in [0.4, 0.5) is 4.39 Å². The average molecular weight is 300 g/mol. The van der Waals surface area contributed by atoms with Crippen LogP contribution >= 0.6 is 15.9 Å². The summed E-state index contributed by atoms with van der Waals surface area (Å²) in [7, 11) is 0. The quantitative estimate of drug-likeness (QED) is 0.747. The molecule has 17 heavy (non-hydrogen) atoms. The van der Waals surface area contributed by atoms with E-state index in [0.29, 0.717) is 18.3 Å². The highest BCUT2D eigenvalue weighted by Crippen LogP contribution is 2.18. The standard InChI is InChI=1S/C13H15BrFNO/c1-2-3-10(7-14)9-17-12-5-4-11(8-16)13(15)6-12/h4-6,10H,2-3,7,9H2,1H3. The molecule has 0 fully saturated rings. The number of rotatable bonds is 6. The molecule has 1 unspecified atom stereocenters. The van der Waals surface area contributed by atoms with Crippen molar-refractivity contribution in [2.75, 3.05) is 11.9 Å². The number of alkyl halides is 1. The topological polar surface area (TPSA) is 33.0 Å². The smallest absolute Gasteiger partial charge is 0.144 e. The Bertz CT molecular complexity index is 403. The Balaban J connectivity index is 2.58. The maximum atomic E-state index is 13.3. The molecule has 0 saturated carbocycles. The van der Waals surface area contributed by atoms with E-state index in [1.165, 1.54) is 12.1 Å². The van der Waals surface area contributed by atoms with Gasteiger partial charge in [-0.05, 0) is 18.6 Å². The van der Waals surface area contributed by atoms with Crippen molar-refractivity contribution < 1.29 is 9.13 Å². The van der Waals surface area contributed by atoms with Gasteiger partial charge in [-0.15, -0.1) is 0 Å². The van der Waals surface area contributed by atoms with Crippen molar-refractivity contribution in [2.45, 2.75) is 19.8 Å². The number of hydrogen-bond donors (Lipinski definition) is 0. The third-order valence-corrected chi connectivity index (χ3v) is 3.38. The van der Waals surface area contributed by atoms with Gasteiger partial charge in [-0.1, -0.05) is 29.3 Å². The van der Waals surface area contributed by atoms with Gasteiger partial charge in [0, 0.05) is 17.3 Å². The van der Waals surface area contributed by atoms with Crippen LogP contribution in [0.15, 0.2) is 18.2 Å². The minimum absolute atomic E-state index is 0.0444. The fourth-order valence-electron chi connectivity index (χ4n) is 1.50. The van der Waals surface area contributed by atoms with Gasteiger partial charge in [0.25, 0.3) is 0 Å². The molecule has 0 N–H and O–H groups in total. The predicted molar refractivity (Wildman–Crippen MR) is 68.8 cm³/mol. The normalized spacial score (nSPS) is 11.9. The Morgan fingerprint density at radius 3 is 2.82 bits per heavy atom. The molecule has 0 amide bonds. The van der Waals surface area contributed by atoms with Gasteiger partial charge in [-0.2, -0.15) is 5.26 Å². The van der Waals surface area contributed by atoms with Gasteiger partial charge >= 0.3 is 0 Å². The van der Waals surface area contributed by atoms with Gasteiger partial charge in [0.1, 0.15) is 17.6 Å². The van der Waals surface area contributed by atoms with E-state index in [0.717, 1.165) is 18.2 Å². The molecule has 1 aromatic carbocycles. The molecule has 0 aromatic heterocycles. The van der Waals surface area contributed by atoms with E-state index in [2.05, 4.69) is 22.9 Å². The van der Waals surface area contributed by atoms with Crippen molar-refractivity contribution in [3.05, 3.63) is 29.6 Å². The summed E-state index contributed by atoms with van der Waals surface area (Å²) in [6.07, 6.45) is 2.17. The monoisotopic (exact) mass is 299 g/mol. The summed E-state index contributed by atoms with van der Waals surface area (Å²) in [5.74, 6) is 0.373. The zero-order chi connectivity index (χ0) is 12.7. The van der Waals surface area contributed by atoms with Gasteiger partial charge in [0.05, 0.1) is 12.2 Å². The van der Waals surface area contributed by atoms with E-state index >= 15 is 0 Å². The van der Waals surface area contributed by atoms with Crippen LogP contribution in [0.2, 0.25) is 0 Å². The summed E-state index contributed by atoms with van der Waals surface area (Å²) in [6, 6.07) is 6.10. The molecule has 92 valence electrons. The summed E-state index contributed by atoms with van der Waals surface area (Å²) < 4.78 is 18.8. The summed E-state index contributed by atoms with van der Waals surface area (Å²) >= 11 is 3.43. The zero-order valence-electron chi connectivity index (χ0n) is 9.75. The Morgan fingerprint density at radius 1 is 1.53 bits per heavy atom. The predicted octanol–water partition coefficient (Wildman–Crippen LogP) is 3.89. The van der Waals surface area contributed by atoms with Crippen LogP contribution in [0, 0.1) is 23.1 Å². The second-order valence-electron chi connectivity index (χ2n) is 3.87. The molecule has 0 radical (unpaired) electrons. The van der Waals surface area contributed by atoms with E-state index in [-0.39, 0.29) is 5.56 Å². The molecule has 0 aliphatic rings. The second-order valence-corrected chi connectivity index (χ2v) is 4.52. The minimum Gasteiger partial charge on any atom is -0.493 e. The largest absolute Gasteiger partial charge is 0.493 e. The first-order valence-corrected chi connectivity index (χ1v) is 6.71. The lowest BCUT2D eigenvalue weighted by Gasteiger charge is -2.14. The molecule has 0 heterocycles. The van der Waals surface area contributed by atoms with E-state index in [1.807, 2.05) is 0 Å². The molecule has 1 aromatic rings. The lowest BCUT2D eigenvalue weighted by atomic mass is 10.1. The van der Waals surface area contributed by atoms with Crippen molar-refractivity contribution in [1.82, 2.24) is 0 Å². The fourth-order valence-corrected chi connectivity index (χ4v) is 2.01.